The highest BCUT2D eigenvalue weighted by molar-refractivity contribution is 6.03. The molecule has 1 unspecified atom stereocenters. The molecule has 3 aromatic rings. The Labute approximate surface area is 198 Å². The normalized spacial score (nSPS) is 15.1. The van der Waals surface area contributed by atoms with E-state index in [0.717, 1.165) is 28.2 Å². The zero-order chi connectivity index (χ0) is 23.9. The molecule has 6 nitrogen and oxygen atoms in total. The van der Waals surface area contributed by atoms with Crippen LogP contribution in [0.4, 0.5) is 4.39 Å². The van der Waals surface area contributed by atoms with E-state index in [1.165, 1.54) is 17.1 Å². The summed E-state index contributed by atoms with van der Waals surface area (Å²) in [7, 11) is 1.61. The van der Waals surface area contributed by atoms with Crippen LogP contribution in [0.15, 0.2) is 84.0 Å². The lowest BCUT2D eigenvalue weighted by Crippen LogP contribution is -2.29. The van der Waals surface area contributed by atoms with Crippen LogP contribution in [0.2, 0.25) is 0 Å². The average Bonchev–Trinajstić information content (AvgIpc) is 3.33. The third-order valence-electron chi connectivity index (χ3n) is 5.74. The number of hydrogen-bond acceptors (Lipinski definition) is 4. The summed E-state index contributed by atoms with van der Waals surface area (Å²) in [6.07, 6.45) is 0.661. The fourth-order valence-electron chi connectivity index (χ4n) is 3.86. The van der Waals surface area contributed by atoms with Gasteiger partial charge in [0.2, 0.25) is 11.8 Å². The Kier molecular flexibility index (Phi) is 7.32. The third-order valence-corrected chi connectivity index (χ3v) is 5.74. The Morgan fingerprint density at radius 3 is 2.38 bits per heavy atom. The van der Waals surface area contributed by atoms with Crippen LogP contribution >= 0.6 is 0 Å². The number of rotatable bonds is 8. The highest BCUT2D eigenvalue weighted by atomic mass is 19.1. The highest BCUT2D eigenvalue weighted by Gasteiger charge is 2.33. The van der Waals surface area contributed by atoms with Gasteiger partial charge in [0, 0.05) is 25.8 Å². The monoisotopic (exact) mass is 459 g/mol. The number of carbonyl (C=O) groups is 2. The Morgan fingerprint density at radius 1 is 1.00 bits per heavy atom. The molecule has 0 aliphatic carbocycles. The zero-order valence-electron chi connectivity index (χ0n) is 18.9. The SMILES string of the molecule is COc1ccc(C2CC(c3ccccc3)=NN2C(=O)CCC(=O)NCc2ccc(F)cc2)cc1. The number of nitrogens with zero attached hydrogens (tertiary/aromatic N) is 2. The molecule has 2 amide bonds. The van der Waals surface area contributed by atoms with Crippen LogP contribution in [0.5, 0.6) is 5.75 Å². The second-order valence-corrected chi connectivity index (χ2v) is 8.05. The lowest BCUT2D eigenvalue weighted by atomic mass is 9.98. The molecule has 174 valence electrons. The average molecular weight is 460 g/mol. The van der Waals surface area contributed by atoms with Crippen molar-refractivity contribution in [3.63, 3.8) is 0 Å². The molecule has 1 aliphatic rings. The molecule has 1 aliphatic heterocycles. The van der Waals surface area contributed by atoms with Gasteiger partial charge in [0.15, 0.2) is 0 Å². The van der Waals surface area contributed by atoms with Crippen molar-refractivity contribution in [2.24, 2.45) is 5.10 Å². The molecule has 0 aromatic heterocycles. The maximum atomic E-state index is 13.1. The van der Waals surface area contributed by atoms with Gasteiger partial charge in [-0.25, -0.2) is 9.40 Å². The first-order valence-electron chi connectivity index (χ1n) is 11.1. The molecule has 4 rings (SSSR count). The minimum atomic E-state index is -0.326. The van der Waals surface area contributed by atoms with Crippen LogP contribution in [0.3, 0.4) is 0 Å². The van der Waals surface area contributed by atoms with Gasteiger partial charge in [0.05, 0.1) is 18.9 Å². The van der Waals surface area contributed by atoms with Gasteiger partial charge in [-0.3, -0.25) is 9.59 Å². The summed E-state index contributed by atoms with van der Waals surface area (Å²) in [5.41, 5.74) is 3.53. The molecule has 0 saturated heterocycles. The quantitative estimate of drug-likeness (QED) is 0.535. The van der Waals surface area contributed by atoms with E-state index < -0.39 is 0 Å². The van der Waals surface area contributed by atoms with E-state index in [0.29, 0.717) is 6.42 Å². The van der Waals surface area contributed by atoms with Crippen LogP contribution < -0.4 is 10.1 Å². The number of hydrazone groups is 1. The molecule has 0 spiro atoms. The summed E-state index contributed by atoms with van der Waals surface area (Å²) < 4.78 is 18.3. The fourth-order valence-corrected chi connectivity index (χ4v) is 3.86. The Hall–Kier alpha value is -4.00. The predicted octanol–water partition coefficient (Wildman–Crippen LogP) is 4.61. The van der Waals surface area contributed by atoms with E-state index in [-0.39, 0.29) is 43.1 Å². The van der Waals surface area contributed by atoms with Crippen molar-refractivity contribution in [1.82, 2.24) is 10.3 Å². The van der Waals surface area contributed by atoms with Gasteiger partial charge in [-0.15, -0.1) is 0 Å². The lowest BCUT2D eigenvalue weighted by Gasteiger charge is -2.22. The first kappa shape index (κ1) is 23.2. The van der Waals surface area contributed by atoms with Gasteiger partial charge in [0.25, 0.3) is 0 Å². The molecular formula is C27H26FN3O3. The van der Waals surface area contributed by atoms with Gasteiger partial charge in [-0.1, -0.05) is 54.6 Å². The molecule has 1 N–H and O–H groups in total. The molecular weight excluding hydrogens is 433 g/mol. The molecule has 0 fully saturated rings. The number of amides is 2. The molecule has 0 saturated carbocycles. The van der Waals surface area contributed by atoms with Crippen LogP contribution in [-0.4, -0.2) is 29.6 Å². The fraction of sp³-hybridized carbons (Fsp3) is 0.222. The molecule has 1 heterocycles. The molecule has 0 radical (unpaired) electrons. The first-order chi connectivity index (χ1) is 16.5. The summed E-state index contributed by atoms with van der Waals surface area (Å²) in [4.78, 5) is 25.4. The summed E-state index contributed by atoms with van der Waals surface area (Å²) in [6.45, 7) is 0.280. The molecule has 34 heavy (non-hydrogen) atoms. The maximum absolute atomic E-state index is 13.1. The second kappa shape index (κ2) is 10.7. The number of carbonyl (C=O) groups excluding carboxylic acids is 2. The Balaban J connectivity index is 1.42. The maximum Gasteiger partial charge on any atom is 0.243 e. The van der Waals surface area contributed by atoms with Crippen molar-refractivity contribution >= 4 is 17.5 Å². The largest absolute Gasteiger partial charge is 0.497 e. The van der Waals surface area contributed by atoms with E-state index in [1.807, 2.05) is 54.6 Å². The predicted molar refractivity (Wildman–Crippen MR) is 128 cm³/mol. The van der Waals surface area contributed by atoms with Crippen LogP contribution in [0.25, 0.3) is 0 Å². The van der Waals surface area contributed by atoms with Gasteiger partial charge >= 0.3 is 0 Å². The van der Waals surface area contributed by atoms with Crippen LogP contribution in [0.1, 0.15) is 42.0 Å². The topological polar surface area (TPSA) is 71.0 Å². The second-order valence-electron chi connectivity index (χ2n) is 8.05. The van der Waals surface area contributed by atoms with Crippen molar-refractivity contribution in [2.45, 2.75) is 31.8 Å². The summed E-state index contributed by atoms with van der Waals surface area (Å²) in [5, 5.41) is 8.91. The number of methoxy groups -OCH3 is 1. The van der Waals surface area contributed by atoms with Gasteiger partial charge in [-0.05, 0) is 41.0 Å². The Morgan fingerprint density at radius 2 is 1.71 bits per heavy atom. The number of benzene rings is 3. The standard InChI is InChI=1S/C27H26FN3O3/c1-34-23-13-9-21(10-14-23)25-17-24(20-5-3-2-4-6-20)30-31(25)27(33)16-15-26(32)29-18-19-7-11-22(28)12-8-19/h2-14,25H,15-18H2,1H3,(H,29,32). The number of hydrogen-bond donors (Lipinski definition) is 1. The summed E-state index contributed by atoms with van der Waals surface area (Å²) in [6, 6.07) is 23.0. The first-order valence-corrected chi connectivity index (χ1v) is 11.1. The van der Waals surface area contributed by atoms with Gasteiger partial charge < -0.3 is 10.1 Å². The van der Waals surface area contributed by atoms with E-state index in [9.17, 15) is 14.0 Å². The van der Waals surface area contributed by atoms with E-state index in [4.69, 9.17) is 4.74 Å². The van der Waals surface area contributed by atoms with E-state index in [1.54, 1.807) is 19.2 Å². The lowest BCUT2D eigenvalue weighted by molar-refractivity contribution is -0.135. The molecule has 1 atom stereocenters. The third kappa shape index (κ3) is 5.67. The molecule has 3 aromatic carbocycles. The summed E-state index contributed by atoms with van der Waals surface area (Å²) in [5.74, 6) is -0.0522. The Bertz CT molecular complexity index is 1160. The van der Waals surface area contributed by atoms with Crippen molar-refractivity contribution < 1.29 is 18.7 Å². The van der Waals surface area contributed by atoms with E-state index >= 15 is 0 Å². The highest BCUT2D eigenvalue weighted by Crippen LogP contribution is 2.34. The van der Waals surface area contributed by atoms with E-state index in [2.05, 4.69) is 10.4 Å². The van der Waals surface area contributed by atoms with Gasteiger partial charge in [0.1, 0.15) is 11.6 Å². The zero-order valence-corrected chi connectivity index (χ0v) is 18.9. The van der Waals surface area contributed by atoms with Crippen molar-refractivity contribution in [3.8, 4) is 5.75 Å². The van der Waals surface area contributed by atoms with Crippen molar-refractivity contribution in [1.29, 1.82) is 0 Å². The number of halogens is 1. The smallest absolute Gasteiger partial charge is 0.243 e. The minimum absolute atomic E-state index is 0.0352. The van der Waals surface area contributed by atoms with Crippen molar-refractivity contribution in [2.75, 3.05) is 7.11 Å². The molecule has 0 bridgehead atoms. The number of nitrogens with one attached hydrogen (secondary N) is 1. The summed E-state index contributed by atoms with van der Waals surface area (Å²) >= 11 is 0. The van der Waals surface area contributed by atoms with Crippen molar-refractivity contribution in [3.05, 3.63) is 101 Å². The minimum Gasteiger partial charge on any atom is -0.497 e. The number of ether oxygens (including phenoxy) is 1. The molecule has 7 heteroatoms. The van der Waals surface area contributed by atoms with Crippen LogP contribution in [0, 0.1) is 5.82 Å². The van der Waals surface area contributed by atoms with Crippen LogP contribution in [-0.2, 0) is 16.1 Å². The van der Waals surface area contributed by atoms with Gasteiger partial charge in [-0.2, -0.15) is 5.10 Å².